The second-order valence-electron chi connectivity index (χ2n) is 3.12. The highest BCUT2D eigenvalue weighted by molar-refractivity contribution is 5.14. The van der Waals surface area contributed by atoms with E-state index in [2.05, 4.69) is 13.2 Å². The van der Waals surface area contributed by atoms with Crippen LogP contribution in [0.3, 0.4) is 0 Å². The molecule has 2 rings (SSSR count). The van der Waals surface area contributed by atoms with Crippen LogP contribution >= 0.6 is 0 Å². The van der Waals surface area contributed by atoms with Crippen LogP contribution in [0.1, 0.15) is 12.8 Å². The highest BCUT2D eigenvalue weighted by Gasteiger charge is 2.36. The Bertz CT molecular complexity index is 208. The van der Waals surface area contributed by atoms with Gasteiger partial charge in [-0.3, -0.25) is 0 Å². The lowest BCUT2D eigenvalue weighted by atomic mass is 10.0. The molecule has 2 heterocycles. The predicted molar refractivity (Wildman–Crippen MR) is 42.1 cm³/mol. The third-order valence-electron chi connectivity index (χ3n) is 2.22. The molecule has 2 fully saturated rings. The van der Waals surface area contributed by atoms with Crippen LogP contribution in [-0.2, 0) is 9.47 Å². The van der Waals surface area contributed by atoms with Gasteiger partial charge in [0, 0.05) is 6.42 Å². The maximum Gasteiger partial charge on any atom is 0.147 e. The third-order valence-corrected chi connectivity index (χ3v) is 2.22. The lowest BCUT2D eigenvalue weighted by Crippen LogP contribution is -2.29. The number of rotatable bonds is 0. The molecule has 0 aromatic heterocycles. The van der Waals surface area contributed by atoms with Gasteiger partial charge in [-0.25, -0.2) is 0 Å². The van der Waals surface area contributed by atoms with E-state index < -0.39 is 0 Å². The van der Waals surface area contributed by atoms with Crippen LogP contribution in [0.15, 0.2) is 24.5 Å². The molecule has 0 saturated carbocycles. The van der Waals surface area contributed by atoms with Crippen molar-refractivity contribution in [2.45, 2.75) is 25.0 Å². The van der Waals surface area contributed by atoms with Crippen molar-refractivity contribution in [3.63, 3.8) is 0 Å². The van der Waals surface area contributed by atoms with E-state index in [9.17, 15) is 0 Å². The number of hydrogen-bond donors (Lipinski definition) is 0. The summed E-state index contributed by atoms with van der Waals surface area (Å²) >= 11 is 0. The SMILES string of the molecule is C=C1CCC2OCC(=C)C2O1. The van der Waals surface area contributed by atoms with E-state index in [1.807, 2.05) is 0 Å². The zero-order valence-electron chi connectivity index (χ0n) is 6.51. The first-order chi connectivity index (χ1) is 5.27. The standard InChI is InChI=1S/C9H12O2/c1-6-5-10-8-4-3-7(2)11-9(6)8/h8-9H,1-5H2. The number of allylic oxidation sites excluding steroid dienone is 1. The van der Waals surface area contributed by atoms with E-state index in [1.54, 1.807) is 0 Å². The van der Waals surface area contributed by atoms with Crippen molar-refractivity contribution >= 4 is 0 Å². The minimum Gasteiger partial charge on any atom is -0.488 e. The van der Waals surface area contributed by atoms with Crippen LogP contribution in [0.5, 0.6) is 0 Å². The molecule has 2 atom stereocenters. The summed E-state index contributed by atoms with van der Waals surface area (Å²) in [6.45, 7) is 8.33. The molecular formula is C9H12O2. The highest BCUT2D eigenvalue weighted by Crippen LogP contribution is 2.32. The predicted octanol–water partition coefficient (Wildman–Crippen LogP) is 1.63. The van der Waals surface area contributed by atoms with Crippen LogP contribution in [0, 0.1) is 0 Å². The number of ether oxygens (including phenoxy) is 2. The average molecular weight is 152 g/mol. The molecule has 0 amide bonds. The molecule has 2 nitrogen and oxygen atoms in total. The Morgan fingerprint density at radius 3 is 3.00 bits per heavy atom. The molecule has 2 unspecified atom stereocenters. The van der Waals surface area contributed by atoms with E-state index in [4.69, 9.17) is 9.47 Å². The van der Waals surface area contributed by atoms with Crippen molar-refractivity contribution in [2.24, 2.45) is 0 Å². The van der Waals surface area contributed by atoms with Crippen molar-refractivity contribution in [3.05, 3.63) is 24.5 Å². The molecule has 0 bridgehead atoms. The van der Waals surface area contributed by atoms with Crippen LogP contribution in [-0.4, -0.2) is 18.8 Å². The molecule has 60 valence electrons. The van der Waals surface area contributed by atoms with Gasteiger partial charge in [0.1, 0.15) is 6.10 Å². The normalized spacial score (nSPS) is 36.7. The van der Waals surface area contributed by atoms with Crippen molar-refractivity contribution in [2.75, 3.05) is 6.61 Å². The van der Waals surface area contributed by atoms with E-state index in [1.165, 1.54) is 0 Å². The van der Waals surface area contributed by atoms with E-state index in [0.717, 1.165) is 24.2 Å². The minimum atomic E-state index is 0.0937. The van der Waals surface area contributed by atoms with Crippen molar-refractivity contribution in [1.82, 2.24) is 0 Å². The molecule has 0 aliphatic carbocycles. The molecule has 0 spiro atoms. The summed E-state index contributed by atoms with van der Waals surface area (Å²) in [7, 11) is 0. The summed E-state index contributed by atoms with van der Waals surface area (Å²) in [4.78, 5) is 0. The average Bonchev–Trinajstić information content (AvgIpc) is 2.33. The maximum atomic E-state index is 5.50. The lowest BCUT2D eigenvalue weighted by molar-refractivity contribution is -0.00684. The van der Waals surface area contributed by atoms with E-state index >= 15 is 0 Å². The Morgan fingerprint density at radius 1 is 1.36 bits per heavy atom. The Labute approximate surface area is 66.5 Å². The number of hydrogen-bond acceptors (Lipinski definition) is 2. The van der Waals surface area contributed by atoms with Gasteiger partial charge in [-0.2, -0.15) is 0 Å². The molecule has 11 heavy (non-hydrogen) atoms. The van der Waals surface area contributed by atoms with Crippen molar-refractivity contribution in [1.29, 1.82) is 0 Å². The molecule has 2 saturated heterocycles. The second-order valence-corrected chi connectivity index (χ2v) is 3.12. The van der Waals surface area contributed by atoms with E-state index in [0.29, 0.717) is 6.61 Å². The fraction of sp³-hybridized carbons (Fsp3) is 0.556. The van der Waals surface area contributed by atoms with Crippen LogP contribution in [0.25, 0.3) is 0 Å². The van der Waals surface area contributed by atoms with Gasteiger partial charge in [0.25, 0.3) is 0 Å². The molecule has 2 aliphatic heterocycles. The summed E-state index contributed by atoms with van der Waals surface area (Å²) in [5.74, 6) is 0.873. The van der Waals surface area contributed by atoms with Gasteiger partial charge in [0.15, 0.2) is 0 Å². The fourth-order valence-electron chi connectivity index (χ4n) is 1.58. The van der Waals surface area contributed by atoms with Crippen LogP contribution in [0.2, 0.25) is 0 Å². The van der Waals surface area contributed by atoms with Gasteiger partial charge in [0.2, 0.25) is 0 Å². The number of fused-ring (bicyclic) bond motifs is 1. The summed E-state index contributed by atoms with van der Waals surface area (Å²) in [5.41, 5.74) is 1.05. The van der Waals surface area contributed by atoms with Gasteiger partial charge >= 0.3 is 0 Å². The van der Waals surface area contributed by atoms with Crippen LogP contribution < -0.4 is 0 Å². The Kier molecular flexibility index (Phi) is 1.50. The topological polar surface area (TPSA) is 18.5 Å². The molecule has 0 aromatic rings. The van der Waals surface area contributed by atoms with Gasteiger partial charge in [0.05, 0.1) is 18.5 Å². The second kappa shape index (κ2) is 2.38. The first kappa shape index (κ1) is 6.92. The van der Waals surface area contributed by atoms with Crippen molar-refractivity contribution < 1.29 is 9.47 Å². The first-order valence-electron chi connectivity index (χ1n) is 3.91. The monoisotopic (exact) mass is 152 g/mol. The Morgan fingerprint density at radius 2 is 2.18 bits per heavy atom. The molecule has 0 N–H and O–H groups in total. The van der Waals surface area contributed by atoms with Gasteiger partial charge in [-0.05, 0) is 12.0 Å². The minimum absolute atomic E-state index is 0.0937. The Hall–Kier alpha value is -0.760. The molecular weight excluding hydrogens is 140 g/mol. The van der Waals surface area contributed by atoms with E-state index in [-0.39, 0.29) is 12.2 Å². The summed E-state index contributed by atoms with van der Waals surface area (Å²) in [5, 5.41) is 0. The zero-order chi connectivity index (χ0) is 7.84. The van der Waals surface area contributed by atoms with Gasteiger partial charge < -0.3 is 9.47 Å². The van der Waals surface area contributed by atoms with Gasteiger partial charge in [-0.1, -0.05) is 13.2 Å². The Balaban J connectivity index is 2.13. The van der Waals surface area contributed by atoms with Crippen molar-refractivity contribution in [3.8, 4) is 0 Å². The maximum absolute atomic E-state index is 5.50. The quantitative estimate of drug-likeness (QED) is 0.491. The third kappa shape index (κ3) is 1.07. The summed E-state index contributed by atoms with van der Waals surface area (Å²) < 4.78 is 11.0. The first-order valence-corrected chi connectivity index (χ1v) is 3.91. The van der Waals surface area contributed by atoms with Gasteiger partial charge in [-0.15, -0.1) is 0 Å². The zero-order valence-corrected chi connectivity index (χ0v) is 6.51. The smallest absolute Gasteiger partial charge is 0.147 e. The largest absolute Gasteiger partial charge is 0.488 e. The molecule has 0 aromatic carbocycles. The highest BCUT2D eigenvalue weighted by atomic mass is 16.6. The molecule has 2 aliphatic rings. The summed E-state index contributed by atoms with van der Waals surface area (Å²) in [6.07, 6.45) is 2.29. The molecule has 0 radical (unpaired) electrons. The fourth-order valence-corrected chi connectivity index (χ4v) is 1.58. The summed E-state index contributed by atoms with van der Waals surface area (Å²) in [6, 6.07) is 0. The molecule has 2 heteroatoms. The van der Waals surface area contributed by atoms with Crippen LogP contribution in [0.4, 0.5) is 0 Å². The lowest BCUT2D eigenvalue weighted by Gasteiger charge is -2.26.